The van der Waals surface area contributed by atoms with Gasteiger partial charge in [0.05, 0.1) is 6.61 Å². The number of aliphatic hydroxyl groups excluding tert-OH is 1. The zero-order chi connectivity index (χ0) is 15.6. The van der Waals surface area contributed by atoms with Crippen molar-refractivity contribution < 1.29 is 9.90 Å². The summed E-state index contributed by atoms with van der Waals surface area (Å²) in [6.07, 6.45) is 5.50. The number of anilines is 1. The molecule has 6 nitrogen and oxygen atoms in total. The fraction of sp³-hybridized carbons (Fsp3) is 0.625. The van der Waals surface area contributed by atoms with Crippen LogP contribution >= 0.6 is 0 Å². The molecule has 0 saturated carbocycles. The predicted molar refractivity (Wildman–Crippen MR) is 83.9 cm³/mol. The van der Waals surface area contributed by atoms with Gasteiger partial charge in [-0.1, -0.05) is 6.07 Å². The number of aromatic nitrogens is 1. The average molecular weight is 304 g/mol. The Morgan fingerprint density at radius 3 is 2.82 bits per heavy atom. The summed E-state index contributed by atoms with van der Waals surface area (Å²) in [7, 11) is 0. The maximum absolute atomic E-state index is 13.0. The zero-order valence-corrected chi connectivity index (χ0v) is 12.9. The number of hydrogen-bond acceptors (Lipinski definition) is 5. The van der Waals surface area contributed by atoms with E-state index in [4.69, 9.17) is 5.73 Å². The van der Waals surface area contributed by atoms with Crippen molar-refractivity contribution in [2.45, 2.75) is 37.8 Å². The third-order valence-corrected chi connectivity index (χ3v) is 4.98. The molecule has 3 N–H and O–H groups in total. The number of β-amino-alcohol motifs (C(OH)–C–C–N with tert-alkyl or cyclic N) is 1. The third-order valence-electron chi connectivity index (χ3n) is 4.98. The van der Waals surface area contributed by atoms with Crippen molar-refractivity contribution >= 4 is 11.7 Å². The smallest absolute Gasteiger partial charge is 0.243 e. The second kappa shape index (κ2) is 6.22. The van der Waals surface area contributed by atoms with Gasteiger partial charge >= 0.3 is 0 Å². The van der Waals surface area contributed by atoms with E-state index >= 15 is 0 Å². The van der Waals surface area contributed by atoms with E-state index in [0.717, 1.165) is 44.3 Å². The summed E-state index contributed by atoms with van der Waals surface area (Å²) in [5.74, 6) is 0.716. The number of carbonyl (C=O) groups excluding carboxylic acids is 1. The van der Waals surface area contributed by atoms with E-state index < -0.39 is 5.54 Å². The molecule has 1 atom stereocenters. The molecule has 2 fully saturated rings. The number of pyridine rings is 1. The van der Waals surface area contributed by atoms with Crippen LogP contribution in [0.4, 0.5) is 5.82 Å². The van der Waals surface area contributed by atoms with Gasteiger partial charge in [0.15, 0.2) is 0 Å². The summed E-state index contributed by atoms with van der Waals surface area (Å²) in [5, 5.41) is 9.17. The summed E-state index contributed by atoms with van der Waals surface area (Å²) in [5.41, 5.74) is 6.54. The van der Waals surface area contributed by atoms with E-state index in [2.05, 4.69) is 9.88 Å². The lowest BCUT2D eigenvalue weighted by Crippen LogP contribution is -2.60. The van der Waals surface area contributed by atoms with Crippen molar-refractivity contribution in [1.82, 2.24) is 14.8 Å². The molecule has 22 heavy (non-hydrogen) atoms. The van der Waals surface area contributed by atoms with Gasteiger partial charge in [-0.25, -0.2) is 4.98 Å². The van der Waals surface area contributed by atoms with Crippen LogP contribution in [0.2, 0.25) is 0 Å². The van der Waals surface area contributed by atoms with Crippen LogP contribution in [-0.2, 0) is 11.3 Å². The fourth-order valence-corrected chi connectivity index (χ4v) is 3.88. The molecule has 0 bridgehead atoms. The molecule has 2 saturated heterocycles. The van der Waals surface area contributed by atoms with Gasteiger partial charge < -0.3 is 15.7 Å². The van der Waals surface area contributed by atoms with Gasteiger partial charge in [-0.3, -0.25) is 9.69 Å². The number of aliphatic hydroxyl groups is 1. The Labute approximate surface area is 130 Å². The van der Waals surface area contributed by atoms with Gasteiger partial charge in [-0.15, -0.1) is 0 Å². The van der Waals surface area contributed by atoms with Crippen molar-refractivity contribution in [3.63, 3.8) is 0 Å². The van der Waals surface area contributed by atoms with Crippen LogP contribution < -0.4 is 5.73 Å². The molecule has 1 spiro atoms. The van der Waals surface area contributed by atoms with Gasteiger partial charge in [0, 0.05) is 31.4 Å². The molecule has 0 radical (unpaired) electrons. The number of piperidine rings is 1. The number of nitrogens with two attached hydrogens (primary N) is 1. The van der Waals surface area contributed by atoms with Gasteiger partial charge in [0.1, 0.15) is 11.4 Å². The SMILES string of the molecule is Nc1ncccc1CN1CCCC12CCCN(CCO)C2=O. The van der Waals surface area contributed by atoms with Crippen LogP contribution in [0, 0.1) is 0 Å². The lowest BCUT2D eigenvalue weighted by Gasteiger charge is -2.44. The van der Waals surface area contributed by atoms with Gasteiger partial charge in [0.25, 0.3) is 0 Å². The Kier molecular flexibility index (Phi) is 4.31. The van der Waals surface area contributed by atoms with E-state index in [-0.39, 0.29) is 12.5 Å². The largest absolute Gasteiger partial charge is 0.395 e. The summed E-state index contributed by atoms with van der Waals surface area (Å²) in [6, 6.07) is 3.86. The molecule has 1 aromatic rings. The molecule has 2 aliphatic rings. The van der Waals surface area contributed by atoms with E-state index in [9.17, 15) is 9.90 Å². The third kappa shape index (κ3) is 2.57. The summed E-state index contributed by atoms with van der Waals surface area (Å²) in [4.78, 5) is 21.2. The molecule has 3 rings (SSSR count). The fourth-order valence-electron chi connectivity index (χ4n) is 3.88. The molecule has 0 aromatic carbocycles. The summed E-state index contributed by atoms with van der Waals surface area (Å²) in [6.45, 7) is 2.79. The van der Waals surface area contributed by atoms with Crippen LogP contribution in [0.1, 0.15) is 31.2 Å². The van der Waals surface area contributed by atoms with Crippen LogP contribution in [0.15, 0.2) is 18.3 Å². The zero-order valence-electron chi connectivity index (χ0n) is 12.9. The topological polar surface area (TPSA) is 82.7 Å². The maximum atomic E-state index is 13.0. The normalized spacial score (nSPS) is 26.0. The minimum atomic E-state index is -0.407. The van der Waals surface area contributed by atoms with Crippen LogP contribution in [0.25, 0.3) is 0 Å². The number of amides is 1. The van der Waals surface area contributed by atoms with Crippen molar-refractivity contribution in [1.29, 1.82) is 0 Å². The molecule has 2 aliphatic heterocycles. The molecule has 1 amide bonds. The number of carbonyl (C=O) groups is 1. The lowest BCUT2D eigenvalue weighted by atomic mass is 9.85. The van der Waals surface area contributed by atoms with E-state index in [0.29, 0.717) is 18.9 Å². The second-order valence-corrected chi connectivity index (χ2v) is 6.22. The summed E-state index contributed by atoms with van der Waals surface area (Å²) >= 11 is 0. The monoisotopic (exact) mass is 304 g/mol. The minimum Gasteiger partial charge on any atom is -0.395 e. The van der Waals surface area contributed by atoms with E-state index in [1.54, 1.807) is 6.20 Å². The highest BCUT2D eigenvalue weighted by Crippen LogP contribution is 2.39. The van der Waals surface area contributed by atoms with Crippen molar-refractivity contribution in [3.05, 3.63) is 23.9 Å². The summed E-state index contributed by atoms with van der Waals surface area (Å²) < 4.78 is 0. The highest BCUT2D eigenvalue weighted by Gasteiger charge is 2.50. The minimum absolute atomic E-state index is 0.0252. The number of nitrogen functional groups attached to an aromatic ring is 1. The van der Waals surface area contributed by atoms with Crippen molar-refractivity contribution in [2.24, 2.45) is 0 Å². The van der Waals surface area contributed by atoms with Gasteiger partial charge in [-0.05, 0) is 38.3 Å². The second-order valence-electron chi connectivity index (χ2n) is 6.22. The molecule has 1 aromatic heterocycles. The average Bonchev–Trinajstić information content (AvgIpc) is 2.90. The Morgan fingerprint density at radius 2 is 2.09 bits per heavy atom. The molecule has 1 unspecified atom stereocenters. The number of rotatable bonds is 4. The van der Waals surface area contributed by atoms with Gasteiger partial charge in [-0.2, -0.15) is 0 Å². The lowest BCUT2D eigenvalue weighted by molar-refractivity contribution is -0.148. The number of likely N-dealkylation sites (tertiary alicyclic amines) is 2. The highest BCUT2D eigenvalue weighted by molar-refractivity contribution is 5.87. The van der Waals surface area contributed by atoms with Crippen LogP contribution in [0.3, 0.4) is 0 Å². The first-order valence-electron chi connectivity index (χ1n) is 8.02. The maximum Gasteiger partial charge on any atom is 0.243 e. The molecular weight excluding hydrogens is 280 g/mol. The van der Waals surface area contributed by atoms with Crippen molar-refractivity contribution in [2.75, 3.05) is 32.0 Å². The molecular formula is C16H24N4O2. The first kappa shape index (κ1) is 15.2. The van der Waals surface area contributed by atoms with Gasteiger partial charge in [0.2, 0.25) is 5.91 Å². The number of hydrogen-bond donors (Lipinski definition) is 2. The Hall–Kier alpha value is -1.66. The van der Waals surface area contributed by atoms with Crippen molar-refractivity contribution in [3.8, 4) is 0 Å². The molecule has 3 heterocycles. The van der Waals surface area contributed by atoms with E-state index in [1.165, 1.54) is 0 Å². The number of nitrogens with zero attached hydrogens (tertiary/aromatic N) is 3. The predicted octanol–water partition coefficient (Wildman–Crippen LogP) is 0.613. The standard InChI is InChI=1S/C16H24N4O2/c17-14-13(4-1-7-18-14)12-20-9-3-6-16(20)5-2-8-19(10-11-21)15(16)22/h1,4,7,21H,2-3,5-6,8-12H2,(H2,17,18). The molecule has 120 valence electrons. The molecule has 0 aliphatic carbocycles. The Bertz CT molecular complexity index is 549. The Balaban J connectivity index is 1.82. The van der Waals surface area contributed by atoms with Crippen LogP contribution in [0.5, 0.6) is 0 Å². The quantitative estimate of drug-likeness (QED) is 0.852. The Morgan fingerprint density at radius 1 is 1.32 bits per heavy atom. The van der Waals surface area contributed by atoms with Crippen LogP contribution in [-0.4, -0.2) is 57.6 Å². The van der Waals surface area contributed by atoms with E-state index in [1.807, 2.05) is 17.0 Å². The first-order valence-corrected chi connectivity index (χ1v) is 8.02. The highest BCUT2D eigenvalue weighted by atomic mass is 16.3. The molecule has 6 heteroatoms. The first-order chi connectivity index (χ1) is 10.7.